The number of hydrogen-bond donors (Lipinski definition) is 0. The molecule has 0 heterocycles. The van der Waals surface area contributed by atoms with E-state index in [0.29, 0.717) is 0 Å². The maximum atomic E-state index is 3.30. The first-order valence-electron chi connectivity index (χ1n) is 8.60. The van der Waals surface area contributed by atoms with Crippen molar-refractivity contribution in [2.45, 2.75) is 19.5 Å². The second kappa shape index (κ2) is 10.4. The summed E-state index contributed by atoms with van der Waals surface area (Å²) in [4.78, 5) is 0. The predicted octanol–water partition coefficient (Wildman–Crippen LogP) is 6.40. The van der Waals surface area contributed by atoms with Crippen LogP contribution in [0.4, 0.5) is 0 Å². The Balaban J connectivity index is 0.000000165. The van der Waals surface area contributed by atoms with Crippen molar-refractivity contribution in [3.05, 3.63) is 102 Å². The van der Waals surface area contributed by atoms with Gasteiger partial charge in [0, 0.05) is 9.52 Å². The Morgan fingerprint density at radius 1 is 0.846 bits per heavy atom. The molecular weight excluding hydrogens is 364 g/mol. The number of fused-ring (bicyclic) bond motifs is 4. The Labute approximate surface area is 174 Å². The fraction of sp³-hybridized carbons (Fsp3) is 0.125. The fourth-order valence-electron chi connectivity index (χ4n) is 3.07. The van der Waals surface area contributed by atoms with Crippen molar-refractivity contribution in [3.8, 4) is 11.1 Å². The van der Waals surface area contributed by atoms with Crippen molar-refractivity contribution in [1.82, 2.24) is 0 Å². The smallest absolute Gasteiger partial charge is 0.179 e. The van der Waals surface area contributed by atoms with Crippen molar-refractivity contribution in [3.63, 3.8) is 0 Å². The summed E-state index contributed by atoms with van der Waals surface area (Å²) < 4.78 is 0. The van der Waals surface area contributed by atoms with Gasteiger partial charge in [-0.05, 0) is 6.42 Å². The first kappa shape index (κ1) is 20.5. The summed E-state index contributed by atoms with van der Waals surface area (Å²) in [6.45, 7) is 4.31. The van der Waals surface area contributed by atoms with Crippen LogP contribution in [0.2, 0.25) is 13.1 Å². The molecule has 4 aromatic carbocycles. The summed E-state index contributed by atoms with van der Waals surface area (Å²) in [5, 5.41) is 2.66. The monoisotopic (exact) mass is 386 g/mol. The van der Waals surface area contributed by atoms with E-state index >= 15 is 0 Å². The van der Waals surface area contributed by atoms with Crippen LogP contribution in [0.25, 0.3) is 21.9 Å². The van der Waals surface area contributed by atoms with Crippen LogP contribution in [0.15, 0.2) is 84.9 Å². The molecule has 0 spiro atoms. The van der Waals surface area contributed by atoms with Gasteiger partial charge in [-0.15, -0.1) is 35.2 Å². The van der Waals surface area contributed by atoms with Gasteiger partial charge in [0.1, 0.15) is 0 Å². The van der Waals surface area contributed by atoms with E-state index in [-0.39, 0.29) is 21.7 Å². The molecule has 0 aliphatic heterocycles. The first-order chi connectivity index (χ1) is 12.3. The zero-order valence-electron chi connectivity index (χ0n) is 15.3. The standard InChI is InChI=1S/C13H9.C9H7.C2H6Si.Ti/c1-3-7-12-10(5-1)9-11-6-2-4-8-13(11)12;1-2-5-9-7-3-6-8(9)4-1;1-3-2;/h1-5,7-8H,9H2;1-7H;1-2H3;/q2*-1;;+2. The van der Waals surface area contributed by atoms with Crippen molar-refractivity contribution in [1.29, 1.82) is 0 Å². The molecule has 2 heteroatoms. The van der Waals surface area contributed by atoms with Gasteiger partial charge in [0.05, 0.1) is 0 Å². The summed E-state index contributed by atoms with van der Waals surface area (Å²) in [7, 11) is 1.08. The van der Waals surface area contributed by atoms with Gasteiger partial charge >= 0.3 is 21.7 Å². The van der Waals surface area contributed by atoms with E-state index in [2.05, 4.69) is 98.0 Å². The molecule has 126 valence electrons. The van der Waals surface area contributed by atoms with Gasteiger partial charge in [-0.2, -0.15) is 47.3 Å². The van der Waals surface area contributed by atoms with E-state index in [1.807, 2.05) is 6.07 Å². The van der Waals surface area contributed by atoms with Crippen LogP contribution < -0.4 is 0 Å². The van der Waals surface area contributed by atoms with E-state index in [1.165, 1.54) is 33.0 Å². The van der Waals surface area contributed by atoms with Crippen LogP contribution >= 0.6 is 0 Å². The van der Waals surface area contributed by atoms with Crippen LogP contribution in [0.3, 0.4) is 0 Å². The fourth-order valence-corrected chi connectivity index (χ4v) is 3.07. The molecule has 0 N–H and O–H groups in total. The molecule has 0 atom stereocenters. The van der Waals surface area contributed by atoms with E-state index in [4.69, 9.17) is 0 Å². The molecule has 4 aromatic rings. The average Bonchev–Trinajstić information content (AvgIpc) is 3.27. The van der Waals surface area contributed by atoms with E-state index in [1.54, 1.807) is 0 Å². The summed E-state index contributed by atoms with van der Waals surface area (Å²) in [5.41, 5.74) is 5.51. The molecule has 0 nitrogen and oxygen atoms in total. The summed E-state index contributed by atoms with van der Waals surface area (Å²) in [6, 6.07) is 32.8. The first-order valence-corrected chi connectivity index (χ1v) is 10.6. The molecule has 1 aliphatic carbocycles. The normalized spacial score (nSPS) is 10.4. The zero-order chi connectivity index (χ0) is 17.5. The summed E-state index contributed by atoms with van der Waals surface area (Å²) in [6.07, 6.45) is 1.05. The Morgan fingerprint density at radius 3 is 2.35 bits per heavy atom. The average molecular weight is 386 g/mol. The van der Waals surface area contributed by atoms with Crippen molar-refractivity contribution >= 4 is 20.3 Å². The topological polar surface area (TPSA) is 0 Å². The molecule has 5 rings (SSSR count). The Morgan fingerprint density at radius 2 is 1.54 bits per heavy atom. The van der Waals surface area contributed by atoms with Crippen LogP contribution in [0.5, 0.6) is 0 Å². The molecule has 0 saturated heterocycles. The Hall–Kier alpha value is -1.80. The van der Waals surface area contributed by atoms with Crippen molar-refractivity contribution in [2.24, 2.45) is 0 Å². The minimum Gasteiger partial charge on any atom is -0.179 e. The number of rotatable bonds is 0. The molecule has 0 aromatic heterocycles. The quantitative estimate of drug-likeness (QED) is 0.213. The molecule has 1 aliphatic rings. The third kappa shape index (κ3) is 4.88. The SMILES string of the molecule is C[Si]C.[Ti+2].[c-]1cccc2c1Cc1ccccc1-2.c1ccc2[cH-]ccc2c1. The molecular formula is C24H22SiTi. The minimum atomic E-state index is 0. The number of hydrogen-bond acceptors (Lipinski definition) is 0. The molecule has 0 amide bonds. The molecule has 0 unspecified atom stereocenters. The predicted molar refractivity (Wildman–Crippen MR) is 111 cm³/mol. The zero-order valence-corrected chi connectivity index (χ0v) is 17.9. The van der Waals surface area contributed by atoms with E-state index in [9.17, 15) is 0 Å². The molecule has 26 heavy (non-hydrogen) atoms. The van der Waals surface area contributed by atoms with Gasteiger partial charge in [0.2, 0.25) is 0 Å². The van der Waals surface area contributed by atoms with Gasteiger partial charge in [-0.1, -0.05) is 54.6 Å². The van der Waals surface area contributed by atoms with Gasteiger partial charge in [-0.25, -0.2) is 0 Å². The van der Waals surface area contributed by atoms with Gasteiger partial charge in [0.25, 0.3) is 0 Å². The molecule has 2 radical (unpaired) electrons. The second-order valence-electron chi connectivity index (χ2n) is 6.05. The van der Waals surface area contributed by atoms with E-state index < -0.39 is 0 Å². The summed E-state index contributed by atoms with van der Waals surface area (Å²) >= 11 is 0. The van der Waals surface area contributed by atoms with E-state index in [0.717, 1.165) is 15.9 Å². The van der Waals surface area contributed by atoms with Gasteiger partial charge in [0.15, 0.2) is 0 Å². The minimum absolute atomic E-state index is 0. The largest absolute Gasteiger partial charge is 2.00 e. The van der Waals surface area contributed by atoms with Crippen molar-refractivity contribution in [2.75, 3.05) is 0 Å². The second-order valence-corrected chi connectivity index (χ2v) is 7.05. The third-order valence-corrected chi connectivity index (χ3v) is 4.16. The maximum absolute atomic E-state index is 3.30. The summed E-state index contributed by atoms with van der Waals surface area (Å²) in [5.74, 6) is 0. The van der Waals surface area contributed by atoms with Crippen molar-refractivity contribution < 1.29 is 21.7 Å². The maximum Gasteiger partial charge on any atom is 2.00 e. The Kier molecular flexibility index (Phi) is 8.18. The van der Waals surface area contributed by atoms with Crippen LogP contribution in [0.1, 0.15) is 11.1 Å². The number of benzene rings is 3. The Bertz CT molecular complexity index is 866. The van der Waals surface area contributed by atoms with Gasteiger partial charge in [-0.3, -0.25) is 0 Å². The third-order valence-electron chi connectivity index (χ3n) is 4.16. The molecule has 0 bridgehead atoms. The van der Waals surface area contributed by atoms with Crippen LogP contribution in [0, 0.1) is 6.07 Å². The van der Waals surface area contributed by atoms with Gasteiger partial charge < -0.3 is 0 Å². The molecule has 0 fully saturated rings. The van der Waals surface area contributed by atoms with Crippen LogP contribution in [-0.2, 0) is 28.1 Å². The van der Waals surface area contributed by atoms with Crippen LogP contribution in [-0.4, -0.2) is 9.52 Å². The molecule has 0 saturated carbocycles.